The predicted molar refractivity (Wildman–Crippen MR) is 58.7 cm³/mol. The van der Waals surface area contributed by atoms with Crippen molar-refractivity contribution in [3.05, 3.63) is 54.0 Å². The lowest BCUT2D eigenvalue weighted by atomic mass is 10.3. The molecule has 3 heteroatoms. The highest BCUT2D eigenvalue weighted by Crippen LogP contribution is 2.15. The van der Waals surface area contributed by atoms with E-state index in [1.807, 2.05) is 25.1 Å². The summed E-state index contributed by atoms with van der Waals surface area (Å²) in [7, 11) is 0. The summed E-state index contributed by atoms with van der Waals surface area (Å²) in [6.07, 6.45) is 0. The first-order valence-corrected chi connectivity index (χ1v) is 4.70. The fraction of sp³-hybridized carbons (Fsp3) is 0.0833. The first-order chi connectivity index (χ1) is 7.24. The molecule has 0 unspecified atom stereocenters. The van der Waals surface area contributed by atoms with Gasteiger partial charge in [-0.1, -0.05) is 12.1 Å². The number of hydrogen-bond donors (Lipinski definition) is 1. The van der Waals surface area contributed by atoms with Gasteiger partial charge >= 0.3 is 0 Å². The largest absolute Gasteiger partial charge is 0.340 e. The van der Waals surface area contributed by atoms with Crippen molar-refractivity contribution < 1.29 is 4.39 Å². The molecule has 1 aromatic heterocycles. The van der Waals surface area contributed by atoms with Gasteiger partial charge < -0.3 is 5.32 Å². The molecule has 2 rings (SSSR count). The van der Waals surface area contributed by atoms with Crippen molar-refractivity contribution in [3.8, 4) is 0 Å². The molecule has 0 radical (unpaired) electrons. The van der Waals surface area contributed by atoms with Crippen LogP contribution in [0, 0.1) is 12.7 Å². The zero-order valence-electron chi connectivity index (χ0n) is 8.37. The van der Waals surface area contributed by atoms with E-state index < -0.39 is 0 Å². The highest BCUT2D eigenvalue weighted by molar-refractivity contribution is 5.55. The van der Waals surface area contributed by atoms with Crippen LogP contribution in [-0.4, -0.2) is 4.98 Å². The molecule has 0 aliphatic rings. The average Bonchev–Trinajstić information content (AvgIpc) is 2.17. The van der Waals surface area contributed by atoms with Crippen LogP contribution < -0.4 is 5.32 Å². The van der Waals surface area contributed by atoms with Crippen LogP contribution in [0.15, 0.2) is 42.5 Å². The number of halogens is 1. The number of rotatable bonds is 2. The lowest BCUT2D eigenvalue weighted by molar-refractivity contribution is 0.628. The molecule has 0 atom stereocenters. The van der Waals surface area contributed by atoms with Gasteiger partial charge in [0.25, 0.3) is 0 Å². The monoisotopic (exact) mass is 202 g/mol. The number of pyridine rings is 1. The Hall–Kier alpha value is -1.90. The zero-order chi connectivity index (χ0) is 10.7. The molecule has 0 fully saturated rings. The quantitative estimate of drug-likeness (QED) is 0.808. The summed E-state index contributed by atoms with van der Waals surface area (Å²) >= 11 is 0. The Morgan fingerprint density at radius 1 is 1.13 bits per heavy atom. The third kappa shape index (κ3) is 2.53. The van der Waals surface area contributed by atoms with Gasteiger partial charge in [0, 0.05) is 11.4 Å². The second-order valence-corrected chi connectivity index (χ2v) is 3.30. The smallest absolute Gasteiger partial charge is 0.130 e. The standard InChI is InChI=1S/C12H11FN2/c1-9-4-2-7-12(14-9)15-11-6-3-5-10(13)8-11/h2-8H,1H3,(H,14,15). The maximum absolute atomic E-state index is 12.9. The molecule has 1 aromatic carbocycles. The van der Waals surface area contributed by atoms with Crippen LogP contribution >= 0.6 is 0 Å². The van der Waals surface area contributed by atoms with Crippen molar-refractivity contribution in [1.29, 1.82) is 0 Å². The molecule has 2 aromatic rings. The van der Waals surface area contributed by atoms with Gasteiger partial charge in [0.1, 0.15) is 11.6 Å². The van der Waals surface area contributed by atoms with E-state index in [4.69, 9.17) is 0 Å². The Labute approximate surface area is 87.8 Å². The van der Waals surface area contributed by atoms with Crippen molar-refractivity contribution in [1.82, 2.24) is 4.98 Å². The molecule has 0 aliphatic heterocycles. The van der Waals surface area contributed by atoms with Gasteiger partial charge in [0.15, 0.2) is 0 Å². The summed E-state index contributed by atoms with van der Waals surface area (Å²) in [5, 5.41) is 3.03. The average molecular weight is 202 g/mol. The van der Waals surface area contributed by atoms with Crippen molar-refractivity contribution in [2.24, 2.45) is 0 Å². The number of aromatic nitrogens is 1. The van der Waals surface area contributed by atoms with Crippen LogP contribution in [-0.2, 0) is 0 Å². The van der Waals surface area contributed by atoms with E-state index in [0.717, 1.165) is 11.5 Å². The maximum Gasteiger partial charge on any atom is 0.130 e. The molecule has 0 spiro atoms. The van der Waals surface area contributed by atoms with E-state index in [2.05, 4.69) is 10.3 Å². The Morgan fingerprint density at radius 2 is 1.93 bits per heavy atom. The molecule has 76 valence electrons. The van der Waals surface area contributed by atoms with Gasteiger partial charge in [0.2, 0.25) is 0 Å². The van der Waals surface area contributed by atoms with Gasteiger partial charge in [0.05, 0.1) is 0 Å². The normalized spacial score (nSPS) is 10.0. The molecule has 15 heavy (non-hydrogen) atoms. The molecule has 0 saturated heterocycles. The van der Waals surface area contributed by atoms with Crippen molar-refractivity contribution in [2.45, 2.75) is 6.92 Å². The third-order valence-corrected chi connectivity index (χ3v) is 1.99. The summed E-state index contributed by atoms with van der Waals surface area (Å²) in [5.74, 6) is 0.466. The maximum atomic E-state index is 12.9. The molecular formula is C12H11FN2. The lowest BCUT2D eigenvalue weighted by Crippen LogP contribution is -1.94. The fourth-order valence-electron chi connectivity index (χ4n) is 1.33. The summed E-state index contributed by atoms with van der Waals surface area (Å²) in [6, 6.07) is 12.0. The number of benzene rings is 1. The van der Waals surface area contributed by atoms with Gasteiger partial charge in [-0.3, -0.25) is 0 Å². The molecular weight excluding hydrogens is 191 g/mol. The van der Waals surface area contributed by atoms with E-state index in [1.165, 1.54) is 12.1 Å². The number of nitrogens with zero attached hydrogens (tertiary/aromatic N) is 1. The molecule has 2 nitrogen and oxygen atoms in total. The molecule has 1 heterocycles. The van der Waals surface area contributed by atoms with Crippen LogP contribution in [0.5, 0.6) is 0 Å². The van der Waals surface area contributed by atoms with Gasteiger partial charge in [-0.25, -0.2) is 9.37 Å². The third-order valence-electron chi connectivity index (χ3n) is 1.99. The van der Waals surface area contributed by atoms with Crippen LogP contribution in [0.4, 0.5) is 15.9 Å². The van der Waals surface area contributed by atoms with Gasteiger partial charge in [-0.2, -0.15) is 0 Å². The van der Waals surface area contributed by atoms with Gasteiger partial charge in [-0.05, 0) is 37.3 Å². The second-order valence-electron chi connectivity index (χ2n) is 3.30. The molecule has 0 saturated carbocycles. The number of aryl methyl sites for hydroxylation is 1. The first-order valence-electron chi connectivity index (χ1n) is 4.70. The summed E-state index contributed by atoms with van der Waals surface area (Å²) in [4.78, 5) is 4.26. The zero-order valence-corrected chi connectivity index (χ0v) is 8.37. The van der Waals surface area contributed by atoms with Crippen molar-refractivity contribution >= 4 is 11.5 Å². The fourth-order valence-corrected chi connectivity index (χ4v) is 1.33. The predicted octanol–water partition coefficient (Wildman–Crippen LogP) is 3.27. The summed E-state index contributed by atoms with van der Waals surface area (Å²) in [6.45, 7) is 1.91. The minimum atomic E-state index is -0.257. The second kappa shape index (κ2) is 4.09. The molecule has 1 N–H and O–H groups in total. The van der Waals surface area contributed by atoms with E-state index in [1.54, 1.807) is 12.1 Å². The van der Waals surface area contributed by atoms with Crippen LogP contribution in [0.25, 0.3) is 0 Å². The Balaban J connectivity index is 2.22. The Morgan fingerprint density at radius 3 is 2.67 bits per heavy atom. The summed E-state index contributed by atoms with van der Waals surface area (Å²) in [5.41, 5.74) is 1.63. The van der Waals surface area contributed by atoms with E-state index in [9.17, 15) is 4.39 Å². The first kappa shape index (κ1) is 9.65. The van der Waals surface area contributed by atoms with Gasteiger partial charge in [-0.15, -0.1) is 0 Å². The SMILES string of the molecule is Cc1cccc(Nc2cccc(F)c2)n1. The minimum Gasteiger partial charge on any atom is -0.340 e. The summed E-state index contributed by atoms with van der Waals surface area (Å²) < 4.78 is 12.9. The van der Waals surface area contributed by atoms with Crippen molar-refractivity contribution in [3.63, 3.8) is 0 Å². The number of hydrogen-bond acceptors (Lipinski definition) is 2. The Bertz CT molecular complexity index is 425. The molecule has 0 bridgehead atoms. The van der Waals surface area contributed by atoms with Crippen LogP contribution in [0.3, 0.4) is 0 Å². The number of nitrogens with one attached hydrogen (secondary N) is 1. The molecule has 0 amide bonds. The van der Waals surface area contributed by atoms with E-state index in [-0.39, 0.29) is 5.82 Å². The van der Waals surface area contributed by atoms with Crippen LogP contribution in [0.1, 0.15) is 5.69 Å². The van der Waals surface area contributed by atoms with Crippen LogP contribution in [0.2, 0.25) is 0 Å². The highest BCUT2D eigenvalue weighted by atomic mass is 19.1. The molecule has 0 aliphatic carbocycles. The minimum absolute atomic E-state index is 0.257. The Kier molecular flexibility index (Phi) is 2.63. The lowest BCUT2D eigenvalue weighted by Gasteiger charge is -2.05. The topological polar surface area (TPSA) is 24.9 Å². The van der Waals surface area contributed by atoms with E-state index >= 15 is 0 Å². The number of anilines is 2. The van der Waals surface area contributed by atoms with E-state index in [0.29, 0.717) is 5.69 Å². The highest BCUT2D eigenvalue weighted by Gasteiger charge is 1.97. The van der Waals surface area contributed by atoms with Crippen molar-refractivity contribution in [2.75, 3.05) is 5.32 Å².